The Morgan fingerprint density at radius 3 is 2.52 bits per heavy atom. The molecule has 2 aromatic rings. The highest BCUT2D eigenvalue weighted by Crippen LogP contribution is 2.28. The largest absolute Gasteiger partial charge is 0.435 e. The van der Waals surface area contributed by atoms with Crippen LogP contribution in [0.5, 0.6) is 0 Å². The van der Waals surface area contributed by atoms with Gasteiger partial charge in [0, 0.05) is 12.2 Å². The van der Waals surface area contributed by atoms with Gasteiger partial charge in [0.1, 0.15) is 11.5 Å². The molecule has 0 bridgehead atoms. The van der Waals surface area contributed by atoms with E-state index < -0.39 is 17.7 Å². The lowest BCUT2D eigenvalue weighted by Crippen LogP contribution is -2.18. The van der Waals surface area contributed by atoms with Gasteiger partial charge in [0.25, 0.3) is 0 Å². The first-order valence-corrected chi connectivity index (χ1v) is 6.49. The van der Waals surface area contributed by atoms with Crippen molar-refractivity contribution in [2.75, 3.05) is 6.54 Å². The van der Waals surface area contributed by atoms with Crippen molar-refractivity contribution in [2.24, 2.45) is 0 Å². The van der Waals surface area contributed by atoms with E-state index in [4.69, 9.17) is 0 Å². The van der Waals surface area contributed by atoms with Crippen LogP contribution in [-0.4, -0.2) is 16.3 Å². The summed E-state index contributed by atoms with van der Waals surface area (Å²) in [4.78, 5) is 0. The maximum atomic E-state index is 14.1. The van der Waals surface area contributed by atoms with E-state index in [0.717, 1.165) is 29.1 Å². The molecule has 0 spiro atoms. The molecule has 0 amide bonds. The van der Waals surface area contributed by atoms with Gasteiger partial charge in [0.15, 0.2) is 5.69 Å². The summed E-state index contributed by atoms with van der Waals surface area (Å²) in [5, 5.41) is 6.49. The van der Waals surface area contributed by atoms with Gasteiger partial charge in [0.2, 0.25) is 0 Å². The van der Waals surface area contributed by atoms with E-state index in [1.54, 1.807) is 6.07 Å². The summed E-state index contributed by atoms with van der Waals surface area (Å²) < 4.78 is 52.4. The molecule has 0 aliphatic rings. The lowest BCUT2D eigenvalue weighted by molar-refractivity contribution is -0.141. The predicted octanol–water partition coefficient (Wildman–Crippen LogP) is 3.70. The van der Waals surface area contributed by atoms with Crippen molar-refractivity contribution in [3.05, 3.63) is 47.5 Å². The fourth-order valence-electron chi connectivity index (χ4n) is 2.01. The molecular formula is C14H15F4N3. The molecule has 1 unspecified atom stereocenters. The van der Waals surface area contributed by atoms with E-state index in [1.807, 2.05) is 13.8 Å². The highest BCUT2D eigenvalue weighted by atomic mass is 19.4. The fraction of sp³-hybridized carbons (Fsp3) is 0.357. The van der Waals surface area contributed by atoms with E-state index in [9.17, 15) is 17.6 Å². The maximum Gasteiger partial charge on any atom is 0.435 e. The van der Waals surface area contributed by atoms with Crippen LogP contribution in [0.25, 0.3) is 5.69 Å². The van der Waals surface area contributed by atoms with Crippen LogP contribution in [0.1, 0.15) is 31.1 Å². The second-order valence-electron chi connectivity index (χ2n) is 4.63. The smallest absolute Gasteiger partial charge is 0.310 e. The summed E-state index contributed by atoms with van der Waals surface area (Å²) in [5.41, 5.74) is -0.341. The average molecular weight is 301 g/mol. The van der Waals surface area contributed by atoms with Crippen LogP contribution >= 0.6 is 0 Å². The molecule has 2 rings (SSSR count). The monoisotopic (exact) mass is 301 g/mol. The number of aromatic nitrogens is 2. The van der Waals surface area contributed by atoms with Gasteiger partial charge in [-0.3, -0.25) is 0 Å². The summed E-state index contributed by atoms with van der Waals surface area (Å²) in [6, 6.07) is 5.17. The van der Waals surface area contributed by atoms with E-state index >= 15 is 0 Å². The molecule has 1 N–H and O–H groups in total. The summed E-state index contributed by atoms with van der Waals surface area (Å²) in [6.45, 7) is 4.55. The van der Waals surface area contributed by atoms with Crippen molar-refractivity contribution in [3.63, 3.8) is 0 Å². The third kappa shape index (κ3) is 3.41. The van der Waals surface area contributed by atoms with E-state index in [1.165, 1.54) is 12.1 Å². The van der Waals surface area contributed by atoms with Gasteiger partial charge >= 0.3 is 6.18 Å². The van der Waals surface area contributed by atoms with Crippen molar-refractivity contribution in [2.45, 2.75) is 26.1 Å². The minimum Gasteiger partial charge on any atom is -0.310 e. The van der Waals surface area contributed by atoms with Crippen LogP contribution in [-0.2, 0) is 6.18 Å². The molecule has 0 saturated carbocycles. The molecule has 3 nitrogen and oxygen atoms in total. The fourth-order valence-corrected chi connectivity index (χ4v) is 2.01. The lowest BCUT2D eigenvalue weighted by Gasteiger charge is -2.14. The van der Waals surface area contributed by atoms with Crippen molar-refractivity contribution in [3.8, 4) is 5.69 Å². The quantitative estimate of drug-likeness (QED) is 0.873. The van der Waals surface area contributed by atoms with E-state index in [2.05, 4.69) is 10.4 Å². The van der Waals surface area contributed by atoms with Crippen LogP contribution in [0.3, 0.4) is 0 Å². The molecule has 114 valence electrons. The van der Waals surface area contributed by atoms with Gasteiger partial charge in [-0.05, 0) is 37.2 Å². The number of rotatable bonds is 4. The standard InChI is InChI=1S/C14H15F4N3/c1-3-19-9(2)10-4-5-12(11(15)8-10)21-7-6-13(20-21)14(16,17)18/h4-9,19H,3H2,1-2H3. The first-order valence-electron chi connectivity index (χ1n) is 6.49. The van der Waals surface area contributed by atoms with Crippen molar-refractivity contribution in [1.29, 1.82) is 0 Å². The maximum absolute atomic E-state index is 14.1. The number of hydrogen-bond acceptors (Lipinski definition) is 2. The van der Waals surface area contributed by atoms with Crippen molar-refractivity contribution >= 4 is 0 Å². The first-order chi connectivity index (χ1) is 9.82. The van der Waals surface area contributed by atoms with Gasteiger partial charge < -0.3 is 5.32 Å². The van der Waals surface area contributed by atoms with Crippen LogP contribution in [0.15, 0.2) is 30.5 Å². The molecule has 0 aliphatic heterocycles. The SMILES string of the molecule is CCNC(C)c1ccc(-n2ccc(C(F)(F)F)n2)c(F)c1. The van der Waals surface area contributed by atoms with Gasteiger partial charge in [-0.2, -0.15) is 18.3 Å². The Hall–Kier alpha value is -1.89. The second-order valence-corrected chi connectivity index (χ2v) is 4.63. The third-order valence-corrected chi connectivity index (χ3v) is 3.11. The third-order valence-electron chi connectivity index (χ3n) is 3.11. The number of halogens is 4. The minimum absolute atomic E-state index is 0.0158. The molecule has 1 aromatic heterocycles. The Balaban J connectivity index is 2.31. The molecule has 0 saturated heterocycles. The minimum atomic E-state index is -4.54. The Kier molecular flexibility index (Phi) is 4.32. The molecule has 1 atom stereocenters. The van der Waals surface area contributed by atoms with Gasteiger partial charge in [-0.25, -0.2) is 9.07 Å². The molecule has 0 radical (unpaired) electrons. The van der Waals surface area contributed by atoms with Crippen LogP contribution in [0.2, 0.25) is 0 Å². The highest BCUT2D eigenvalue weighted by molar-refractivity contribution is 5.37. The summed E-state index contributed by atoms with van der Waals surface area (Å²) in [7, 11) is 0. The number of hydrogen-bond donors (Lipinski definition) is 1. The van der Waals surface area contributed by atoms with Gasteiger partial charge in [-0.1, -0.05) is 13.0 Å². The molecule has 7 heteroatoms. The predicted molar refractivity (Wildman–Crippen MR) is 70.6 cm³/mol. The normalized spacial score (nSPS) is 13.4. The Bertz CT molecular complexity index is 619. The van der Waals surface area contributed by atoms with Gasteiger partial charge in [-0.15, -0.1) is 0 Å². The number of nitrogens with zero attached hydrogens (tertiary/aromatic N) is 2. The van der Waals surface area contributed by atoms with Crippen LogP contribution < -0.4 is 5.32 Å². The molecule has 1 aromatic carbocycles. The highest BCUT2D eigenvalue weighted by Gasteiger charge is 2.33. The lowest BCUT2D eigenvalue weighted by atomic mass is 10.1. The van der Waals surface area contributed by atoms with E-state index in [-0.39, 0.29) is 11.7 Å². The number of alkyl halides is 3. The Labute approximate surface area is 119 Å². The molecule has 1 heterocycles. The van der Waals surface area contributed by atoms with Crippen molar-refractivity contribution in [1.82, 2.24) is 15.1 Å². The summed E-state index contributed by atoms with van der Waals surface area (Å²) in [5.74, 6) is -0.617. The van der Waals surface area contributed by atoms with Crippen LogP contribution in [0.4, 0.5) is 17.6 Å². The zero-order valence-electron chi connectivity index (χ0n) is 11.6. The van der Waals surface area contributed by atoms with Crippen molar-refractivity contribution < 1.29 is 17.6 Å². The first kappa shape index (κ1) is 15.5. The second kappa shape index (κ2) is 5.85. The average Bonchev–Trinajstić information content (AvgIpc) is 2.88. The zero-order chi connectivity index (χ0) is 15.6. The Morgan fingerprint density at radius 1 is 1.29 bits per heavy atom. The molecule has 0 fully saturated rings. The zero-order valence-corrected chi connectivity index (χ0v) is 11.6. The van der Waals surface area contributed by atoms with E-state index in [0.29, 0.717) is 0 Å². The van der Waals surface area contributed by atoms with Crippen LogP contribution in [0, 0.1) is 5.82 Å². The molecule has 0 aliphatic carbocycles. The summed E-state index contributed by atoms with van der Waals surface area (Å²) in [6.07, 6.45) is -3.45. The molecule has 21 heavy (non-hydrogen) atoms. The summed E-state index contributed by atoms with van der Waals surface area (Å²) >= 11 is 0. The topological polar surface area (TPSA) is 29.9 Å². The van der Waals surface area contributed by atoms with Gasteiger partial charge in [0.05, 0.1) is 0 Å². The number of nitrogens with one attached hydrogen (secondary N) is 1. The number of benzene rings is 1. The Morgan fingerprint density at radius 2 is 2.00 bits per heavy atom. The molecular weight excluding hydrogens is 286 g/mol.